The number of hydrogen-bond acceptors (Lipinski definition) is 4. The zero-order valence-electron chi connectivity index (χ0n) is 16.9. The van der Waals surface area contributed by atoms with Crippen LogP contribution in [-0.4, -0.2) is 23.9 Å². The van der Waals surface area contributed by atoms with Crippen molar-refractivity contribution in [2.45, 2.75) is 38.3 Å². The largest absolute Gasteiger partial charge is 0.417 e. The molecular formula is C23H23F3N2O3. The molecule has 0 spiro atoms. The summed E-state index contributed by atoms with van der Waals surface area (Å²) < 4.78 is 43.2. The second kappa shape index (κ2) is 8.61. The molecule has 4 rings (SSSR count). The lowest BCUT2D eigenvalue weighted by atomic mass is 9.90. The summed E-state index contributed by atoms with van der Waals surface area (Å²) in [6.45, 7) is 1.54. The molecule has 0 amide bonds. The predicted octanol–water partition coefficient (Wildman–Crippen LogP) is 4.95. The highest BCUT2D eigenvalue weighted by molar-refractivity contribution is 5.82. The fourth-order valence-corrected chi connectivity index (χ4v) is 4.12. The third-order valence-electron chi connectivity index (χ3n) is 5.89. The van der Waals surface area contributed by atoms with Crippen molar-refractivity contribution >= 4 is 22.6 Å². The van der Waals surface area contributed by atoms with Gasteiger partial charge in [-0.15, -0.1) is 0 Å². The highest BCUT2D eigenvalue weighted by Crippen LogP contribution is 2.32. The number of carbonyl (C=O) groups excluding carboxylic acids is 1. The third kappa shape index (κ3) is 5.18. The van der Waals surface area contributed by atoms with Gasteiger partial charge in [0.1, 0.15) is 5.78 Å². The second-order valence-corrected chi connectivity index (χ2v) is 8.07. The van der Waals surface area contributed by atoms with E-state index in [0.717, 1.165) is 55.7 Å². The molecule has 0 unspecified atom stereocenters. The molecule has 0 atom stereocenters. The summed E-state index contributed by atoms with van der Waals surface area (Å²) in [6, 6.07) is 10.6. The number of fused-ring (bicyclic) bond motifs is 1. The van der Waals surface area contributed by atoms with Gasteiger partial charge >= 0.3 is 11.9 Å². The highest BCUT2D eigenvalue weighted by Gasteiger charge is 2.30. The lowest BCUT2D eigenvalue weighted by Crippen LogP contribution is -2.33. The standard InChI is InChI=1S/C23H23F3N2O3/c24-23(25,26)17-3-5-18(6-4-17)28-11-9-15(10-12-28)1-7-19(29)13-16-2-8-20-21(14-16)31-22(30)27-20/h2-6,8,14-15H,1,7,9-13H2,(H,27,30). The average Bonchev–Trinajstić information content (AvgIpc) is 3.11. The van der Waals surface area contributed by atoms with Gasteiger partial charge in [0.2, 0.25) is 0 Å². The highest BCUT2D eigenvalue weighted by atomic mass is 19.4. The Balaban J connectivity index is 1.24. The summed E-state index contributed by atoms with van der Waals surface area (Å²) >= 11 is 0. The van der Waals surface area contributed by atoms with Gasteiger partial charge in [-0.2, -0.15) is 13.2 Å². The monoisotopic (exact) mass is 432 g/mol. The fourth-order valence-electron chi connectivity index (χ4n) is 4.12. The summed E-state index contributed by atoms with van der Waals surface area (Å²) in [5, 5.41) is 0. The zero-order chi connectivity index (χ0) is 22.0. The quantitative estimate of drug-likeness (QED) is 0.599. The minimum atomic E-state index is -4.32. The van der Waals surface area contributed by atoms with Gasteiger partial charge in [0, 0.05) is 31.6 Å². The van der Waals surface area contributed by atoms with E-state index in [1.54, 1.807) is 12.1 Å². The van der Waals surface area contributed by atoms with Crippen LogP contribution in [0.3, 0.4) is 0 Å². The number of aromatic amines is 1. The number of halogens is 3. The minimum Gasteiger partial charge on any atom is -0.408 e. The Morgan fingerprint density at radius 1 is 1.10 bits per heavy atom. The van der Waals surface area contributed by atoms with E-state index in [1.165, 1.54) is 12.1 Å². The zero-order valence-corrected chi connectivity index (χ0v) is 16.9. The fraction of sp³-hybridized carbons (Fsp3) is 0.391. The van der Waals surface area contributed by atoms with Gasteiger partial charge in [-0.25, -0.2) is 4.79 Å². The number of oxazole rings is 1. The first kappa shape index (κ1) is 21.2. The number of aromatic nitrogens is 1. The van der Waals surface area contributed by atoms with Crippen molar-refractivity contribution in [1.82, 2.24) is 4.98 Å². The first-order valence-electron chi connectivity index (χ1n) is 10.3. The van der Waals surface area contributed by atoms with Crippen molar-refractivity contribution in [2.24, 2.45) is 5.92 Å². The van der Waals surface area contributed by atoms with Crippen LogP contribution in [0.1, 0.15) is 36.8 Å². The third-order valence-corrected chi connectivity index (χ3v) is 5.89. The Labute approximate surface area is 176 Å². The molecule has 0 saturated carbocycles. The molecular weight excluding hydrogens is 409 g/mol. The molecule has 1 aromatic heterocycles. The van der Waals surface area contributed by atoms with E-state index in [-0.39, 0.29) is 5.78 Å². The van der Waals surface area contributed by atoms with Gasteiger partial charge < -0.3 is 9.32 Å². The van der Waals surface area contributed by atoms with E-state index >= 15 is 0 Å². The van der Waals surface area contributed by atoms with Crippen LogP contribution in [0.15, 0.2) is 51.7 Å². The summed E-state index contributed by atoms with van der Waals surface area (Å²) in [5.74, 6) is 0.0586. The molecule has 2 aromatic carbocycles. The number of nitrogens with zero attached hydrogens (tertiary/aromatic N) is 1. The average molecular weight is 432 g/mol. The van der Waals surface area contributed by atoms with E-state index in [2.05, 4.69) is 9.88 Å². The molecule has 2 heterocycles. The van der Waals surface area contributed by atoms with E-state index in [0.29, 0.717) is 29.9 Å². The maximum atomic E-state index is 12.7. The van der Waals surface area contributed by atoms with Crippen molar-refractivity contribution in [3.05, 3.63) is 64.1 Å². The van der Waals surface area contributed by atoms with Crippen LogP contribution in [0.5, 0.6) is 0 Å². The van der Waals surface area contributed by atoms with Crippen LogP contribution in [0, 0.1) is 5.92 Å². The SMILES string of the molecule is O=C(CCC1CCN(c2ccc(C(F)(F)F)cc2)CC1)Cc1ccc2[nH]c(=O)oc2c1. The van der Waals surface area contributed by atoms with E-state index < -0.39 is 17.5 Å². The lowest BCUT2D eigenvalue weighted by molar-refractivity contribution is -0.137. The van der Waals surface area contributed by atoms with Gasteiger partial charge in [-0.05, 0) is 67.1 Å². The Morgan fingerprint density at radius 3 is 2.48 bits per heavy atom. The molecule has 8 heteroatoms. The number of carbonyl (C=O) groups is 1. The molecule has 5 nitrogen and oxygen atoms in total. The molecule has 31 heavy (non-hydrogen) atoms. The normalized spacial score (nSPS) is 15.5. The number of benzene rings is 2. The Morgan fingerprint density at radius 2 is 1.81 bits per heavy atom. The Kier molecular flexibility index (Phi) is 5.89. The number of alkyl halides is 3. The molecule has 1 N–H and O–H groups in total. The maximum Gasteiger partial charge on any atom is 0.417 e. The molecule has 0 bridgehead atoms. The van der Waals surface area contributed by atoms with Crippen LogP contribution in [0.25, 0.3) is 11.1 Å². The smallest absolute Gasteiger partial charge is 0.408 e. The second-order valence-electron chi connectivity index (χ2n) is 8.07. The van der Waals surface area contributed by atoms with Crippen LogP contribution in [0.4, 0.5) is 18.9 Å². The molecule has 1 aliphatic heterocycles. The van der Waals surface area contributed by atoms with Crippen molar-refractivity contribution < 1.29 is 22.4 Å². The van der Waals surface area contributed by atoms with Gasteiger partial charge in [0.15, 0.2) is 5.58 Å². The van der Waals surface area contributed by atoms with Crippen LogP contribution in [-0.2, 0) is 17.4 Å². The van der Waals surface area contributed by atoms with Gasteiger partial charge in [-0.3, -0.25) is 9.78 Å². The summed E-state index contributed by atoms with van der Waals surface area (Å²) in [4.78, 5) is 28.3. The molecule has 1 aliphatic rings. The van der Waals surface area contributed by atoms with Gasteiger partial charge in [-0.1, -0.05) is 6.07 Å². The summed E-state index contributed by atoms with van der Waals surface area (Å²) in [7, 11) is 0. The topological polar surface area (TPSA) is 66.3 Å². The summed E-state index contributed by atoms with van der Waals surface area (Å²) in [6.07, 6.45) is -0.904. The van der Waals surface area contributed by atoms with E-state index in [1.807, 2.05) is 6.07 Å². The van der Waals surface area contributed by atoms with Crippen molar-refractivity contribution in [3.8, 4) is 0 Å². The van der Waals surface area contributed by atoms with Gasteiger partial charge in [0.05, 0.1) is 11.1 Å². The van der Waals surface area contributed by atoms with E-state index in [9.17, 15) is 22.8 Å². The van der Waals surface area contributed by atoms with Crippen molar-refractivity contribution in [3.63, 3.8) is 0 Å². The number of hydrogen-bond donors (Lipinski definition) is 1. The minimum absolute atomic E-state index is 0.141. The predicted molar refractivity (Wildman–Crippen MR) is 111 cm³/mol. The number of ketones is 1. The molecule has 3 aromatic rings. The number of Topliss-reactive ketones (excluding diaryl/α,β-unsaturated/α-hetero) is 1. The Bertz CT molecular complexity index is 1110. The van der Waals surface area contributed by atoms with Crippen LogP contribution < -0.4 is 10.7 Å². The first-order valence-corrected chi connectivity index (χ1v) is 10.3. The number of nitrogens with one attached hydrogen (secondary N) is 1. The molecule has 164 valence electrons. The first-order chi connectivity index (χ1) is 14.8. The van der Waals surface area contributed by atoms with Crippen LogP contribution >= 0.6 is 0 Å². The molecule has 1 fully saturated rings. The van der Waals surface area contributed by atoms with Crippen LogP contribution in [0.2, 0.25) is 0 Å². The van der Waals surface area contributed by atoms with Crippen molar-refractivity contribution in [2.75, 3.05) is 18.0 Å². The number of piperidine rings is 1. The molecule has 0 aliphatic carbocycles. The number of anilines is 1. The number of H-pyrrole nitrogens is 1. The number of rotatable bonds is 6. The summed E-state index contributed by atoms with van der Waals surface area (Å²) in [5.41, 5.74) is 2.04. The van der Waals surface area contributed by atoms with Crippen molar-refractivity contribution in [1.29, 1.82) is 0 Å². The maximum absolute atomic E-state index is 12.7. The lowest BCUT2D eigenvalue weighted by Gasteiger charge is -2.33. The van der Waals surface area contributed by atoms with Gasteiger partial charge in [0.25, 0.3) is 0 Å². The molecule has 0 radical (unpaired) electrons. The van der Waals surface area contributed by atoms with E-state index in [4.69, 9.17) is 4.42 Å². The molecule has 1 saturated heterocycles. The Hall–Kier alpha value is -3.03.